The maximum Gasteiger partial charge on any atom is 0.240 e. The summed E-state index contributed by atoms with van der Waals surface area (Å²) in [5.41, 5.74) is 0.558. The molecule has 2 atom stereocenters. The molecule has 1 saturated carbocycles. The molecular weight excluding hydrogens is 345 g/mol. The van der Waals surface area contributed by atoms with Crippen molar-refractivity contribution in [3.05, 3.63) is 29.6 Å². The third kappa shape index (κ3) is 3.59. The van der Waals surface area contributed by atoms with E-state index in [4.69, 9.17) is 0 Å². The highest BCUT2D eigenvalue weighted by Gasteiger charge is 2.28. The van der Waals surface area contributed by atoms with Gasteiger partial charge in [-0.2, -0.15) is 0 Å². The van der Waals surface area contributed by atoms with E-state index in [0.717, 1.165) is 30.7 Å². The fourth-order valence-corrected chi connectivity index (χ4v) is 4.94. The Bertz CT molecular complexity index is 577. The first-order valence-electron chi connectivity index (χ1n) is 6.76. The van der Waals surface area contributed by atoms with Crippen LogP contribution in [0.5, 0.6) is 0 Å². The molecule has 0 aromatic heterocycles. The van der Waals surface area contributed by atoms with Crippen molar-refractivity contribution < 1.29 is 12.8 Å². The van der Waals surface area contributed by atoms with Crippen molar-refractivity contribution in [1.29, 1.82) is 0 Å². The third-order valence-corrected chi connectivity index (χ3v) is 6.39. The second-order valence-corrected chi connectivity index (χ2v) is 7.75. The predicted octanol–water partition coefficient (Wildman–Crippen LogP) is 3.22. The summed E-state index contributed by atoms with van der Waals surface area (Å²) in [5.74, 6) is 0.347. The number of halogens is 2. The van der Waals surface area contributed by atoms with Crippen molar-refractivity contribution in [3.8, 4) is 0 Å². The van der Waals surface area contributed by atoms with Gasteiger partial charge in [0.05, 0.1) is 4.90 Å². The Hall–Kier alpha value is -0.460. The van der Waals surface area contributed by atoms with Crippen LogP contribution in [-0.2, 0) is 10.0 Å². The number of nitrogens with one attached hydrogen (secondary N) is 1. The largest absolute Gasteiger partial charge is 0.240 e. The fraction of sp³-hybridized carbons (Fsp3) is 0.571. The van der Waals surface area contributed by atoms with E-state index in [9.17, 15) is 12.8 Å². The smallest absolute Gasteiger partial charge is 0.211 e. The molecule has 2 rings (SSSR count). The maximum absolute atomic E-state index is 13.2. The van der Waals surface area contributed by atoms with Crippen LogP contribution in [0.4, 0.5) is 4.39 Å². The van der Waals surface area contributed by atoms with E-state index < -0.39 is 15.8 Å². The van der Waals surface area contributed by atoms with Crippen molar-refractivity contribution in [2.75, 3.05) is 11.9 Å². The van der Waals surface area contributed by atoms with E-state index >= 15 is 0 Å². The number of hydrogen-bond donors (Lipinski definition) is 1. The van der Waals surface area contributed by atoms with Gasteiger partial charge in [0.2, 0.25) is 10.0 Å². The molecule has 1 aromatic rings. The lowest BCUT2D eigenvalue weighted by Gasteiger charge is -2.18. The van der Waals surface area contributed by atoms with E-state index in [1.54, 1.807) is 6.92 Å². The van der Waals surface area contributed by atoms with Gasteiger partial charge in [-0.25, -0.2) is 17.5 Å². The lowest BCUT2D eigenvalue weighted by Crippen LogP contribution is -2.31. The minimum Gasteiger partial charge on any atom is -0.211 e. The summed E-state index contributed by atoms with van der Waals surface area (Å²) in [6.07, 6.45) is 3.32. The molecule has 0 spiro atoms. The predicted molar refractivity (Wildman–Crippen MR) is 81.0 cm³/mol. The average molecular weight is 364 g/mol. The Labute approximate surface area is 128 Å². The molecule has 0 radical (unpaired) electrons. The van der Waals surface area contributed by atoms with Crippen LogP contribution < -0.4 is 4.72 Å². The molecule has 112 valence electrons. The Kier molecular flexibility index (Phi) is 5.20. The lowest BCUT2D eigenvalue weighted by molar-refractivity contribution is 0.422. The summed E-state index contributed by atoms with van der Waals surface area (Å²) in [5, 5.41) is 0.901. The van der Waals surface area contributed by atoms with Gasteiger partial charge in [0.25, 0.3) is 0 Å². The molecule has 1 N–H and O–H groups in total. The van der Waals surface area contributed by atoms with Gasteiger partial charge >= 0.3 is 0 Å². The molecule has 0 saturated heterocycles. The molecule has 6 heteroatoms. The standard InChI is InChI=1S/C14H19BrFNO2S/c1-10-5-6-13(16)7-14(10)20(18,19)17-9-12-4-2-3-11(12)8-15/h5-7,11-12,17H,2-4,8-9H2,1H3. The minimum atomic E-state index is -3.64. The zero-order chi connectivity index (χ0) is 14.8. The summed E-state index contributed by atoms with van der Waals surface area (Å²) >= 11 is 3.48. The molecule has 0 amide bonds. The SMILES string of the molecule is Cc1ccc(F)cc1S(=O)(=O)NCC1CCCC1CBr. The van der Waals surface area contributed by atoms with Crippen LogP contribution >= 0.6 is 15.9 Å². The zero-order valence-electron chi connectivity index (χ0n) is 11.4. The first kappa shape index (κ1) is 15.9. The van der Waals surface area contributed by atoms with Crippen LogP contribution in [-0.4, -0.2) is 20.3 Å². The second-order valence-electron chi connectivity index (χ2n) is 5.37. The van der Waals surface area contributed by atoms with Crippen LogP contribution in [0, 0.1) is 24.6 Å². The van der Waals surface area contributed by atoms with Gasteiger partial charge in [0.1, 0.15) is 5.82 Å². The second kappa shape index (κ2) is 6.54. The number of benzene rings is 1. The molecule has 3 nitrogen and oxygen atoms in total. The molecule has 0 aliphatic heterocycles. The Morgan fingerprint density at radius 2 is 2.05 bits per heavy atom. The lowest BCUT2D eigenvalue weighted by atomic mass is 9.99. The summed E-state index contributed by atoms with van der Waals surface area (Å²) in [6.45, 7) is 2.10. The van der Waals surface area contributed by atoms with Gasteiger partial charge in [0.15, 0.2) is 0 Å². The molecule has 2 unspecified atom stereocenters. The van der Waals surface area contributed by atoms with Crippen molar-refractivity contribution in [2.24, 2.45) is 11.8 Å². The quantitative estimate of drug-likeness (QED) is 0.816. The minimum absolute atomic E-state index is 0.0332. The van der Waals surface area contributed by atoms with E-state index in [2.05, 4.69) is 20.7 Å². The monoisotopic (exact) mass is 363 g/mol. The molecule has 0 bridgehead atoms. The van der Waals surface area contributed by atoms with Crippen LogP contribution in [0.15, 0.2) is 23.1 Å². The maximum atomic E-state index is 13.2. The van der Waals surface area contributed by atoms with E-state index in [0.29, 0.717) is 23.9 Å². The summed E-state index contributed by atoms with van der Waals surface area (Å²) in [7, 11) is -3.64. The van der Waals surface area contributed by atoms with Crippen LogP contribution in [0.1, 0.15) is 24.8 Å². The van der Waals surface area contributed by atoms with Crippen molar-refractivity contribution in [3.63, 3.8) is 0 Å². The molecule has 1 aliphatic carbocycles. The van der Waals surface area contributed by atoms with Gasteiger partial charge in [-0.3, -0.25) is 0 Å². The normalized spacial score (nSPS) is 23.1. The third-order valence-electron chi connectivity index (χ3n) is 3.99. The molecule has 1 fully saturated rings. The van der Waals surface area contributed by atoms with E-state index in [1.807, 2.05) is 0 Å². The summed E-state index contributed by atoms with van der Waals surface area (Å²) in [4.78, 5) is 0.0332. The number of sulfonamides is 1. The molecule has 0 heterocycles. The van der Waals surface area contributed by atoms with Crippen molar-refractivity contribution in [2.45, 2.75) is 31.1 Å². The van der Waals surface area contributed by atoms with Gasteiger partial charge in [-0.1, -0.05) is 28.4 Å². The Balaban J connectivity index is 2.09. The summed E-state index contributed by atoms with van der Waals surface area (Å²) < 4.78 is 40.4. The van der Waals surface area contributed by atoms with Gasteiger partial charge < -0.3 is 0 Å². The highest BCUT2D eigenvalue weighted by atomic mass is 79.9. The van der Waals surface area contributed by atoms with Crippen molar-refractivity contribution in [1.82, 2.24) is 4.72 Å². The Morgan fingerprint density at radius 1 is 1.35 bits per heavy atom. The highest BCUT2D eigenvalue weighted by molar-refractivity contribution is 9.09. The van der Waals surface area contributed by atoms with Crippen LogP contribution in [0.25, 0.3) is 0 Å². The summed E-state index contributed by atoms with van der Waals surface area (Å²) in [6, 6.07) is 3.83. The fourth-order valence-electron chi connectivity index (χ4n) is 2.74. The van der Waals surface area contributed by atoms with Crippen LogP contribution in [0.2, 0.25) is 0 Å². The number of alkyl halides is 1. The number of aryl methyl sites for hydroxylation is 1. The van der Waals surface area contributed by atoms with Gasteiger partial charge in [-0.15, -0.1) is 0 Å². The first-order chi connectivity index (χ1) is 9.44. The first-order valence-corrected chi connectivity index (χ1v) is 9.36. The molecule has 1 aliphatic rings. The number of rotatable bonds is 5. The van der Waals surface area contributed by atoms with Gasteiger partial charge in [0, 0.05) is 11.9 Å². The zero-order valence-corrected chi connectivity index (χ0v) is 13.8. The molecular formula is C14H19BrFNO2S. The number of hydrogen-bond acceptors (Lipinski definition) is 2. The average Bonchev–Trinajstić information content (AvgIpc) is 2.86. The molecule has 20 heavy (non-hydrogen) atoms. The Morgan fingerprint density at radius 3 is 2.75 bits per heavy atom. The van der Waals surface area contributed by atoms with Gasteiger partial charge in [-0.05, 0) is 49.3 Å². The van der Waals surface area contributed by atoms with E-state index in [1.165, 1.54) is 12.1 Å². The topological polar surface area (TPSA) is 46.2 Å². The molecule has 1 aromatic carbocycles. The van der Waals surface area contributed by atoms with Crippen molar-refractivity contribution >= 4 is 26.0 Å². The van der Waals surface area contributed by atoms with Crippen LogP contribution in [0.3, 0.4) is 0 Å². The van der Waals surface area contributed by atoms with E-state index in [-0.39, 0.29) is 4.90 Å². The highest BCUT2D eigenvalue weighted by Crippen LogP contribution is 2.32.